The van der Waals surface area contributed by atoms with Crippen LogP contribution in [0, 0.1) is 6.92 Å². The van der Waals surface area contributed by atoms with Gasteiger partial charge in [-0.3, -0.25) is 10.1 Å². The van der Waals surface area contributed by atoms with Gasteiger partial charge in [0.1, 0.15) is 16.0 Å². The van der Waals surface area contributed by atoms with Crippen LogP contribution in [0.1, 0.15) is 16.1 Å². The van der Waals surface area contributed by atoms with Gasteiger partial charge in [-0.1, -0.05) is 41.7 Å². The second kappa shape index (κ2) is 7.88. The average molecular weight is 433 g/mol. The van der Waals surface area contributed by atoms with Crippen LogP contribution in [0.5, 0.6) is 11.5 Å². The highest BCUT2D eigenvalue weighted by Crippen LogP contribution is 2.36. The first kappa shape index (κ1) is 18.4. The maximum absolute atomic E-state index is 12.6. The fourth-order valence-corrected chi connectivity index (χ4v) is 4.00. The number of hydrogen-bond acceptors (Lipinski definition) is 5. The third kappa shape index (κ3) is 3.73. The molecule has 0 bridgehead atoms. The Morgan fingerprint density at radius 2 is 1.73 bits per heavy atom. The molecule has 0 radical (unpaired) electrons. The van der Waals surface area contributed by atoms with Gasteiger partial charge in [0.2, 0.25) is 0 Å². The predicted octanol–water partition coefficient (Wildman–Crippen LogP) is 5.15. The van der Waals surface area contributed by atoms with Crippen molar-refractivity contribution in [1.29, 1.82) is 0 Å². The summed E-state index contributed by atoms with van der Waals surface area (Å²) in [6.07, 6.45) is 0. The number of anilines is 1. The molecule has 0 fully saturated rings. The zero-order valence-electron chi connectivity index (χ0n) is 14.5. The summed E-state index contributed by atoms with van der Waals surface area (Å²) in [7, 11) is 3.08. The Kier molecular flexibility index (Phi) is 5.58. The van der Waals surface area contributed by atoms with Gasteiger partial charge in [0.05, 0.1) is 24.8 Å². The molecule has 1 amide bonds. The first-order valence-corrected chi connectivity index (χ1v) is 9.40. The number of methoxy groups -OCH3 is 2. The molecule has 3 aromatic rings. The SMILES string of the molecule is COc1cc(C(=O)Nc2nc(C)c(-c3ccccc3)s2)cc(OC)c1Br. The van der Waals surface area contributed by atoms with Crippen molar-refractivity contribution in [3.8, 4) is 21.9 Å². The van der Waals surface area contributed by atoms with E-state index in [4.69, 9.17) is 9.47 Å². The molecular weight excluding hydrogens is 416 g/mol. The summed E-state index contributed by atoms with van der Waals surface area (Å²) in [6.45, 7) is 1.93. The van der Waals surface area contributed by atoms with Crippen LogP contribution < -0.4 is 14.8 Å². The molecule has 134 valence electrons. The lowest BCUT2D eigenvalue weighted by Gasteiger charge is -2.11. The van der Waals surface area contributed by atoms with E-state index >= 15 is 0 Å². The second-order valence-electron chi connectivity index (χ2n) is 5.45. The Bertz CT molecular complexity index is 916. The summed E-state index contributed by atoms with van der Waals surface area (Å²) in [4.78, 5) is 18.2. The molecule has 7 heteroatoms. The van der Waals surface area contributed by atoms with Crippen LogP contribution in [-0.4, -0.2) is 25.1 Å². The smallest absolute Gasteiger partial charge is 0.257 e. The van der Waals surface area contributed by atoms with E-state index in [9.17, 15) is 4.79 Å². The monoisotopic (exact) mass is 432 g/mol. The van der Waals surface area contributed by atoms with Crippen molar-refractivity contribution in [1.82, 2.24) is 4.98 Å². The minimum Gasteiger partial charge on any atom is -0.495 e. The lowest BCUT2D eigenvalue weighted by Crippen LogP contribution is -2.12. The summed E-state index contributed by atoms with van der Waals surface area (Å²) in [5.41, 5.74) is 2.38. The summed E-state index contributed by atoms with van der Waals surface area (Å²) in [5.74, 6) is 0.770. The number of aryl methyl sites for hydroxylation is 1. The van der Waals surface area contributed by atoms with Crippen LogP contribution in [-0.2, 0) is 0 Å². The quantitative estimate of drug-likeness (QED) is 0.605. The van der Waals surface area contributed by atoms with Crippen LogP contribution in [0.4, 0.5) is 5.13 Å². The highest BCUT2D eigenvalue weighted by Gasteiger charge is 2.17. The molecule has 0 spiro atoms. The summed E-state index contributed by atoms with van der Waals surface area (Å²) in [6, 6.07) is 13.3. The predicted molar refractivity (Wildman–Crippen MR) is 107 cm³/mol. The Balaban J connectivity index is 1.87. The number of halogens is 1. The van der Waals surface area contributed by atoms with E-state index in [1.54, 1.807) is 12.1 Å². The van der Waals surface area contributed by atoms with Crippen molar-refractivity contribution in [2.45, 2.75) is 6.92 Å². The Morgan fingerprint density at radius 3 is 2.31 bits per heavy atom. The first-order chi connectivity index (χ1) is 12.5. The molecule has 0 aliphatic heterocycles. The Morgan fingerprint density at radius 1 is 1.12 bits per heavy atom. The minimum absolute atomic E-state index is 0.275. The van der Waals surface area contributed by atoms with Crippen molar-refractivity contribution in [3.63, 3.8) is 0 Å². The molecule has 5 nitrogen and oxygen atoms in total. The van der Waals surface area contributed by atoms with Crippen LogP contribution in [0.15, 0.2) is 46.9 Å². The second-order valence-corrected chi connectivity index (χ2v) is 7.24. The fraction of sp³-hybridized carbons (Fsp3) is 0.158. The van der Waals surface area contributed by atoms with Crippen molar-refractivity contribution < 1.29 is 14.3 Å². The maximum atomic E-state index is 12.6. The number of thiazole rings is 1. The molecule has 0 saturated carbocycles. The van der Waals surface area contributed by atoms with Gasteiger partial charge in [-0.05, 0) is 40.5 Å². The molecule has 0 aliphatic rings. The molecule has 1 heterocycles. The molecule has 3 rings (SSSR count). The first-order valence-electron chi connectivity index (χ1n) is 7.79. The van der Waals surface area contributed by atoms with Gasteiger partial charge >= 0.3 is 0 Å². The molecule has 1 N–H and O–H groups in total. The number of aromatic nitrogens is 1. The van der Waals surface area contributed by atoms with Crippen molar-refractivity contribution in [2.75, 3.05) is 19.5 Å². The van der Waals surface area contributed by atoms with E-state index in [1.807, 2.05) is 37.3 Å². The number of nitrogens with one attached hydrogen (secondary N) is 1. The number of rotatable bonds is 5. The van der Waals surface area contributed by atoms with Crippen molar-refractivity contribution in [3.05, 3.63) is 58.2 Å². The van der Waals surface area contributed by atoms with Crippen molar-refractivity contribution >= 4 is 38.3 Å². The summed E-state index contributed by atoms with van der Waals surface area (Å²) in [5, 5.41) is 3.40. The van der Waals surface area contributed by atoms with Gasteiger partial charge in [0, 0.05) is 5.56 Å². The van der Waals surface area contributed by atoms with Crippen LogP contribution >= 0.6 is 27.3 Å². The normalized spacial score (nSPS) is 10.5. The molecule has 0 aliphatic carbocycles. The van der Waals surface area contributed by atoms with E-state index in [-0.39, 0.29) is 5.91 Å². The lowest BCUT2D eigenvalue weighted by atomic mass is 10.2. The molecular formula is C19H17BrN2O3S. The average Bonchev–Trinajstić information content (AvgIpc) is 3.02. The minimum atomic E-state index is -0.275. The number of benzene rings is 2. The van der Waals surface area contributed by atoms with E-state index in [2.05, 4.69) is 26.2 Å². The number of hydrogen-bond donors (Lipinski definition) is 1. The van der Waals surface area contributed by atoms with E-state index in [0.717, 1.165) is 16.1 Å². The number of carbonyl (C=O) groups excluding carboxylic acids is 1. The molecule has 0 saturated heterocycles. The van der Waals surface area contributed by atoms with Crippen LogP contribution in [0.3, 0.4) is 0 Å². The Hall–Kier alpha value is -2.38. The molecule has 0 atom stereocenters. The maximum Gasteiger partial charge on any atom is 0.257 e. The van der Waals surface area contributed by atoms with Crippen LogP contribution in [0.2, 0.25) is 0 Å². The lowest BCUT2D eigenvalue weighted by molar-refractivity contribution is 0.102. The molecule has 1 aromatic heterocycles. The van der Waals surface area contributed by atoms with Crippen LogP contribution in [0.25, 0.3) is 10.4 Å². The highest BCUT2D eigenvalue weighted by atomic mass is 79.9. The van der Waals surface area contributed by atoms with E-state index in [0.29, 0.717) is 26.7 Å². The molecule has 26 heavy (non-hydrogen) atoms. The van der Waals surface area contributed by atoms with Gasteiger partial charge < -0.3 is 9.47 Å². The third-order valence-electron chi connectivity index (χ3n) is 3.76. The van der Waals surface area contributed by atoms with Crippen molar-refractivity contribution in [2.24, 2.45) is 0 Å². The van der Waals surface area contributed by atoms with Gasteiger partial charge in [-0.25, -0.2) is 4.98 Å². The third-order valence-corrected chi connectivity index (χ3v) is 5.66. The van der Waals surface area contributed by atoms with Gasteiger partial charge in [0.15, 0.2) is 5.13 Å². The summed E-state index contributed by atoms with van der Waals surface area (Å²) >= 11 is 4.84. The van der Waals surface area contributed by atoms with Gasteiger partial charge in [-0.2, -0.15) is 0 Å². The van der Waals surface area contributed by atoms with E-state index < -0.39 is 0 Å². The molecule has 2 aromatic carbocycles. The number of amides is 1. The Labute approximate surface area is 164 Å². The van der Waals surface area contributed by atoms with Gasteiger partial charge in [0.25, 0.3) is 5.91 Å². The van der Waals surface area contributed by atoms with E-state index in [1.165, 1.54) is 25.6 Å². The number of carbonyl (C=O) groups is 1. The fourth-order valence-electron chi connectivity index (χ4n) is 2.48. The zero-order valence-corrected chi connectivity index (χ0v) is 16.9. The number of nitrogens with zero attached hydrogens (tertiary/aromatic N) is 1. The largest absolute Gasteiger partial charge is 0.495 e. The molecule has 0 unspecified atom stereocenters. The number of ether oxygens (including phenoxy) is 2. The standard InChI is InChI=1S/C19H17BrN2O3S/c1-11-17(12-7-5-4-6-8-12)26-19(21-11)22-18(23)13-9-14(24-2)16(20)15(10-13)25-3/h4-10H,1-3H3,(H,21,22,23). The van der Waals surface area contributed by atoms with Gasteiger partial charge in [-0.15, -0.1) is 0 Å². The summed E-state index contributed by atoms with van der Waals surface area (Å²) < 4.78 is 11.2. The zero-order chi connectivity index (χ0) is 18.7. The highest BCUT2D eigenvalue weighted by molar-refractivity contribution is 9.10. The topological polar surface area (TPSA) is 60.5 Å².